The van der Waals surface area contributed by atoms with Crippen LogP contribution < -0.4 is 10.1 Å². The second-order valence-corrected chi connectivity index (χ2v) is 12.4. The number of nitrogens with zero attached hydrogens (tertiary/aromatic N) is 7. The number of fused-ring (bicyclic) bond motifs is 1. The van der Waals surface area contributed by atoms with E-state index >= 15 is 0 Å². The Kier molecular flexibility index (Phi) is 8.79. The van der Waals surface area contributed by atoms with E-state index in [0.717, 1.165) is 35.4 Å². The second kappa shape index (κ2) is 13.5. The molecule has 1 aliphatic rings. The molecule has 13 heteroatoms. The average molecular weight is 677 g/mol. The van der Waals surface area contributed by atoms with E-state index in [2.05, 4.69) is 25.7 Å². The maximum atomic E-state index is 14.3. The lowest BCUT2D eigenvalue weighted by Crippen LogP contribution is -2.39. The Bertz CT molecular complexity index is 2230. The summed E-state index contributed by atoms with van der Waals surface area (Å²) in [5, 5.41) is 15.9. The quantitative estimate of drug-likeness (QED) is 0.204. The van der Waals surface area contributed by atoms with Gasteiger partial charge in [0.05, 0.1) is 26.0 Å². The predicted octanol–water partition coefficient (Wildman–Crippen LogP) is 6.21. The first-order valence-electron chi connectivity index (χ1n) is 16.2. The van der Waals surface area contributed by atoms with Crippen molar-refractivity contribution in [2.75, 3.05) is 25.5 Å². The highest BCUT2D eigenvalue weighted by atomic mass is 19.2. The topological polar surface area (TPSA) is 120 Å². The number of benzene rings is 3. The van der Waals surface area contributed by atoms with Crippen molar-refractivity contribution in [1.29, 1.82) is 0 Å². The van der Waals surface area contributed by atoms with Crippen molar-refractivity contribution in [3.8, 4) is 17.0 Å². The number of piperidine rings is 1. The van der Waals surface area contributed by atoms with E-state index in [4.69, 9.17) is 4.74 Å². The highest BCUT2D eigenvalue weighted by Gasteiger charge is 2.28. The van der Waals surface area contributed by atoms with Gasteiger partial charge in [-0.05, 0) is 74.2 Å². The normalized spacial score (nSPS) is 14.6. The van der Waals surface area contributed by atoms with Gasteiger partial charge in [-0.3, -0.25) is 9.59 Å². The molecule has 1 aliphatic heterocycles. The first kappa shape index (κ1) is 32.6. The molecule has 1 atom stereocenters. The number of halogens is 2. The molecule has 1 unspecified atom stereocenters. The van der Waals surface area contributed by atoms with Crippen LogP contribution in [0.5, 0.6) is 5.75 Å². The van der Waals surface area contributed by atoms with Gasteiger partial charge in [-0.15, -0.1) is 5.10 Å². The molecule has 4 heterocycles. The SMILES string of the molecule is COc1cc(C2CCCN(C(=O)c3ccccc3Cn3cc(-c4ccc(NC(=O)c5cnn6c(C)cc(C)nc56)cc4)nn3)C2)cc(F)c1F. The molecule has 254 valence electrons. The number of likely N-dealkylation sites (tertiary alicyclic amines) is 1. The van der Waals surface area contributed by atoms with Crippen LogP contribution in [-0.4, -0.2) is 66.5 Å². The fraction of sp³-hybridized carbons (Fsp3) is 0.243. The fourth-order valence-corrected chi connectivity index (χ4v) is 6.47. The van der Waals surface area contributed by atoms with E-state index in [1.807, 2.05) is 50.2 Å². The molecule has 0 spiro atoms. The monoisotopic (exact) mass is 676 g/mol. The van der Waals surface area contributed by atoms with Crippen molar-refractivity contribution in [1.82, 2.24) is 34.5 Å². The number of ether oxygens (including phenoxy) is 1. The number of methoxy groups -OCH3 is 1. The van der Waals surface area contributed by atoms with Crippen molar-refractivity contribution >= 4 is 23.1 Å². The number of anilines is 1. The molecule has 2 amide bonds. The van der Waals surface area contributed by atoms with Gasteiger partial charge < -0.3 is 15.0 Å². The highest BCUT2D eigenvalue weighted by molar-refractivity contribution is 6.08. The minimum Gasteiger partial charge on any atom is -0.494 e. The molecule has 11 nitrogen and oxygen atoms in total. The molecule has 1 N–H and O–H groups in total. The van der Waals surface area contributed by atoms with E-state index in [0.29, 0.717) is 53.4 Å². The number of aryl methyl sites for hydroxylation is 2. The third kappa shape index (κ3) is 6.41. The van der Waals surface area contributed by atoms with Crippen molar-refractivity contribution in [3.05, 3.63) is 124 Å². The van der Waals surface area contributed by atoms with Crippen LogP contribution in [0.1, 0.15) is 62.0 Å². The lowest BCUT2D eigenvalue weighted by Gasteiger charge is -2.33. The summed E-state index contributed by atoms with van der Waals surface area (Å²) in [5.74, 6) is -2.73. The van der Waals surface area contributed by atoms with Gasteiger partial charge in [-0.1, -0.05) is 35.5 Å². The second-order valence-electron chi connectivity index (χ2n) is 12.4. The number of carbonyl (C=O) groups excluding carboxylic acids is 2. The van der Waals surface area contributed by atoms with E-state index in [1.165, 1.54) is 25.4 Å². The van der Waals surface area contributed by atoms with E-state index in [1.54, 1.807) is 38.5 Å². The molecule has 0 aliphatic carbocycles. The molecule has 6 aromatic rings. The minimum atomic E-state index is -1.02. The van der Waals surface area contributed by atoms with Crippen LogP contribution >= 0.6 is 0 Å². The molecule has 0 bridgehead atoms. The molecule has 1 fully saturated rings. The third-order valence-electron chi connectivity index (χ3n) is 9.00. The van der Waals surface area contributed by atoms with Gasteiger partial charge in [0.25, 0.3) is 11.8 Å². The van der Waals surface area contributed by atoms with Crippen LogP contribution in [-0.2, 0) is 6.54 Å². The summed E-state index contributed by atoms with van der Waals surface area (Å²) in [6.07, 6.45) is 4.79. The number of amides is 2. The highest BCUT2D eigenvalue weighted by Crippen LogP contribution is 2.33. The standard InChI is InChI=1S/C37H34F2N8O3/c1-22-15-23(2)47-35(41-22)30(18-40-47)36(48)42-28-12-10-24(11-13-28)32-21-46(44-43-32)20-26-7-4-5-9-29(26)37(49)45-14-6-8-25(19-45)27-16-31(38)34(39)33(17-27)50-3/h4-5,7,9-13,15-18,21,25H,6,8,14,19-20H2,1-3H3,(H,42,48). The first-order chi connectivity index (χ1) is 24.2. The molecule has 7 rings (SSSR count). The van der Waals surface area contributed by atoms with Crippen LogP contribution in [0.2, 0.25) is 0 Å². The Labute approximate surface area is 286 Å². The number of nitrogens with one attached hydrogen (secondary N) is 1. The van der Waals surface area contributed by atoms with Gasteiger partial charge in [0.15, 0.2) is 17.2 Å². The van der Waals surface area contributed by atoms with Gasteiger partial charge in [0, 0.05) is 47.2 Å². The van der Waals surface area contributed by atoms with Crippen molar-refractivity contribution in [2.24, 2.45) is 0 Å². The number of hydrogen-bond donors (Lipinski definition) is 1. The van der Waals surface area contributed by atoms with E-state index < -0.39 is 11.6 Å². The van der Waals surface area contributed by atoms with E-state index in [-0.39, 0.29) is 23.5 Å². The number of carbonyl (C=O) groups is 2. The van der Waals surface area contributed by atoms with Gasteiger partial charge in [0.2, 0.25) is 5.82 Å². The van der Waals surface area contributed by atoms with Crippen LogP contribution in [0.25, 0.3) is 16.9 Å². The molecule has 0 radical (unpaired) electrons. The van der Waals surface area contributed by atoms with Crippen LogP contribution in [0.15, 0.2) is 79.1 Å². The number of aromatic nitrogens is 6. The molecule has 3 aromatic heterocycles. The van der Waals surface area contributed by atoms with Crippen LogP contribution in [0, 0.1) is 25.5 Å². The fourth-order valence-electron chi connectivity index (χ4n) is 6.47. The zero-order valence-electron chi connectivity index (χ0n) is 27.7. The minimum absolute atomic E-state index is 0.136. The molecule has 1 saturated heterocycles. The average Bonchev–Trinajstić information content (AvgIpc) is 3.77. The molecular weight excluding hydrogens is 642 g/mol. The Balaban J connectivity index is 1.03. The Morgan fingerprint density at radius 3 is 2.62 bits per heavy atom. The van der Waals surface area contributed by atoms with Gasteiger partial charge in [-0.25, -0.2) is 18.6 Å². The lowest BCUT2D eigenvalue weighted by molar-refractivity contribution is 0.0705. The third-order valence-corrected chi connectivity index (χ3v) is 9.00. The summed E-state index contributed by atoms with van der Waals surface area (Å²) in [6.45, 7) is 5.03. The zero-order valence-corrected chi connectivity index (χ0v) is 27.7. The summed E-state index contributed by atoms with van der Waals surface area (Å²) >= 11 is 0. The smallest absolute Gasteiger partial charge is 0.261 e. The van der Waals surface area contributed by atoms with Crippen molar-refractivity contribution in [3.63, 3.8) is 0 Å². The summed E-state index contributed by atoms with van der Waals surface area (Å²) in [7, 11) is 1.30. The summed E-state index contributed by atoms with van der Waals surface area (Å²) in [6, 6.07) is 19.2. The maximum Gasteiger partial charge on any atom is 0.261 e. The number of rotatable bonds is 8. The number of hydrogen-bond acceptors (Lipinski definition) is 7. The van der Waals surface area contributed by atoms with Crippen molar-refractivity contribution in [2.45, 2.75) is 39.2 Å². The first-order valence-corrected chi connectivity index (χ1v) is 16.2. The Morgan fingerprint density at radius 1 is 1.02 bits per heavy atom. The van der Waals surface area contributed by atoms with Crippen LogP contribution in [0.3, 0.4) is 0 Å². The zero-order chi connectivity index (χ0) is 34.9. The summed E-state index contributed by atoms with van der Waals surface area (Å²) < 4.78 is 36.7. The van der Waals surface area contributed by atoms with Gasteiger partial charge >= 0.3 is 0 Å². The molecule has 0 saturated carbocycles. The van der Waals surface area contributed by atoms with E-state index in [9.17, 15) is 18.4 Å². The predicted molar refractivity (Wildman–Crippen MR) is 182 cm³/mol. The molecule has 50 heavy (non-hydrogen) atoms. The summed E-state index contributed by atoms with van der Waals surface area (Å²) in [4.78, 5) is 33.1. The van der Waals surface area contributed by atoms with Crippen LogP contribution in [0.4, 0.5) is 14.5 Å². The molecule has 3 aromatic carbocycles. The Hall–Kier alpha value is -5.98. The van der Waals surface area contributed by atoms with Crippen molar-refractivity contribution < 1.29 is 23.1 Å². The maximum absolute atomic E-state index is 14.3. The summed E-state index contributed by atoms with van der Waals surface area (Å²) in [5.41, 5.74) is 6.52. The largest absolute Gasteiger partial charge is 0.494 e. The lowest BCUT2D eigenvalue weighted by atomic mass is 9.89. The Morgan fingerprint density at radius 2 is 1.82 bits per heavy atom. The van der Waals surface area contributed by atoms with Gasteiger partial charge in [0.1, 0.15) is 11.3 Å². The molecular formula is C37H34F2N8O3. The van der Waals surface area contributed by atoms with Gasteiger partial charge in [-0.2, -0.15) is 9.49 Å².